The van der Waals surface area contributed by atoms with Crippen LogP contribution in [0.2, 0.25) is 0 Å². The van der Waals surface area contributed by atoms with Crippen molar-refractivity contribution in [2.45, 2.75) is 75.3 Å². The smallest absolute Gasteiger partial charge is 0.416 e. The van der Waals surface area contributed by atoms with Gasteiger partial charge in [-0.25, -0.2) is 8.42 Å². The van der Waals surface area contributed by atoms with Gasteiger partial charge >= 0.3 is 12.1 Å². The van der Waals surface area contributed by atoms with Gasteiger partial charge in [-0.1, -0.05) is 12.1 Å². The molecule has 7 nitrogen and oxygen atoms in total. The van der Waals surface area contributed by atoms with Crippen LogP contribution in [0.4, 0.5) is 24.5 Å². The van der Waals surface area contributed by atoms with Crippen molar-refractivity contribution in [3.05, 3.63) is 59.7 Å². The van der Waals surface area contributed by atoms with Gasteiger partial charge in [0, 0.05) is 25.9 Å². The van der Waals surface area contributed by atoms with Crippen LogP contribution in [-0.4, -0.2) is 50.3 Å². The molecule has 0 amide bonds. The molecule has 4 rings (SSSR count). The molecule has 0 unspecified atom stereocenters. The van der Waals surface area contributed by atoms with Gasteiger partial charge in [-0.2, -0.15) is 13.2 Å². The van der Waals surface area contributed by atoms with Crippen LogP contribution in [0, 0.1) is 0 Å². The van der Waals surface area contributed by atoms with Crippen LogP contribution in [-0.2, 0) is 25.7 Å². The van der Waals surface area contributed by atoms with E-state index in [0.29, 0.717) is 23.9 Å². The van der Waals surface area contributed by atoms with E-state index in [9.17, 15) is 31.5 Å². The molecular formula is C28H33F3N2O5S. The van der Waals surface area contributed by atoms with E-state index in [-0.39, 0.29) is 19.4 Å². The molecule has 0 fully saturated rings. The first kappa shape index (κ1) is 28.9. The minimum Gasteiger partial charge on any atom is -0.481 e. The van der Waals surface area contributed by atoms with Gasteiger partial charge in [0.05, 0.1) is 39.6 Å². The van der Waals surface area contributed by atoms with Crippen LogP contribution in [0.1, 0.15) is 58.1 Å². The Morgan fingerprint density at radius 3 is 2.41 bits per heavy atom. The maximum Gasteiger partial charge on any atom is 0.416 e. The third-order valence-electron chi connectivity index (χ3n) is 7.04. The lowest BCUT2D eigenvalue weighted by atomic mass is 9.85. The highest BCUT2D eigenvalue weighted by molar-refractivity contribution is 7.92. The molecule has 2 aromatic rings. The number of carbonyl (C=O) groups is 1. The van der Waals surface area contributed by atoms with Crippen molar-refractivity contribution in [3.63, 3.8) is 0 Å². The summed E-state index contributed by atoms with van der Waals surface area (Å²) in [6.45, 7) is 7.73. The zero-order valence-electron chi connectivity index (χ0n) is 22.5. The second-order valence-electron chi connectivity index (χ2n) is 11.3. The van der Waals surface area contributed by atoms with Crippen molar-refractivity contribution < 1.29 is 36.2 Å². The molecule has 39 heavy (non-hydrogen) atoms. The lowest BCUT2D eigenvalue weighted by Gasteiger charge is -2.43. The van der Waals surface area contributed by atoms with Gasteiger partial charge in [0.1, 0.15) is 0 Å². The molecule has 0 saturated heterocycles. The zero-order chi connectivity index (χ0) is 29.0. The maximum absolute atomic E-state index is 13.9. The molecule has 11 heteroatoms. The van der Waals surface area contributed by atoms with Crippen molar-refractivity contribution in [2.75, 3.05) is 22.8 Å². The summed E-state index contributed by atoms with van der Waals surface area (Å²) in [4.78, 5) is 12.6. The number of carboxylic acids is 1. The maximum atomic E-state index is 13.9. The molecule has 212 valence electrons. The Balaban J connectivity index is 1.85. The quantitative estimate of drug-likeness (QED) is 0.466. The molecule has 0 radical (unpaired) electrons. The number of aliphatic carboxylic acids is 1. The number of alkyl halides is 3. The number of sulfonamides is 1. The van der Waals surface area contributed by atoms with Crippen molar-refractivity contribution in [1.82, 2.24) is 0 Å². The first-order valence-electron chi connectivity index (χ1n) is 12.6. The van der Waals surface area contributed by atoms with Crippen LogP contribution >= 0.6 is 0 Å². The molecule has 2 aliphatic rings. The van der Waals surface area contributed by atoms with E-state index >= 15 is 0 Å². The minimum absolute atomic E-state index is 0.113. The number of anilines is 2. The molecule has 0 aromatic heterocycles. The summed E-state index contributed by atoms with van der Waals surface area (Å²) in [7, 11) is -2.67. The average molecular weight is 567 g/mol. The lowest BCUT2D eigenvalue weighted by Crippen LogP contribution is -2.49. The van der Waals surface area contributed by atoms with Gasteiger partial charge in [0.2, 0.25) is 0 Å². The second-order valence-corrected chi connectivity index (χ2v) is 13.1. The highest BCUT2D eigenvalue weighted by Gasteiger charge is 2.39. The number of likely N-dealkylation sites (N-methyl/N-ethyl adjacent to an activating group) is 1. The van der Waals surface area contributed by atoms with Crippen LogP contribution in [0.25, 0.3) is 5.57 Å². The number of carboxylic acid groups (broad SMARTS) is 1. The first-order valence-corrected chi connectivity index (χ1v) is 14.0. The fraction of sp³-hybridized carbons (Fsp3) is 0.464. The SMILES string of the molecule is CN1c2ccc(C3=CC(C)(C)OC(C)(C)C3)cc2N(S(=O)(=O)c2cccc(C(F)(F)F)c2)C[C@@H]1CCC(=O)O. The summed E-state index contributed by atoms with van der Waals surface area (Å²) in [6.07, 6.45) is -2.16. The van der Waals surface area contributed by atoms with E-state index in [1.165, 1.54) is 0 Å². The third kappa shape index (κ3) is 6.09. The summed E-state index contributed by atoms with van der Waals surface area (Å²) < 4.78 is 75.3. The number of benzene rings is 2. The van der Waals surface area contributed by atoms with Crippen LogP contribution in [0.15, 0.2) is 53.4 Å². The molecule has 0 spiro atoms. The highest BCUT2D eigenvalue weighted by atomic mass is 32.2. The number of fused-ring (bicyclic) bond motifs is 1. The van der Waals surface area contributed by atoms with Crippen LogP contribution < -0.4 is 9.21 Å². The topological polar surface area (TPSA) is 87.2 Å². The van der Waals surface area contributed by atoms with E-state index in [0.717, 1.165) is 33.6 Å². The number of hydrogen-bond acceptors (Lipinski definition) is 5. The van der Waals surface area contributed by atoms with Crippen molar-refractivity contribution in [2.24, 2.45) is 0 Å². The molecule has 0 aliphatic carbocycles. The van der Waals surface area contributed by atoms with Gasteiger partial charge in [-0.3, -0.25) is 9.10 Å². The Hall–Kier alpha value is -3.05. The Morgan fingerprint density at radius 2 is 1.79 bits per heavy atom. The molecule has 2 aliphatic heterocycles. The number of nitrogens with zero attached hydrogens (tertiary/aromatic N) is 2. The Kier molecular flexibility index (Phi) is 7.31. The monoisotopic (exact) mass is 566 g/mol. The third-order valence-corrected chi connectivity index (χ3v) is 8.81. The van der Waals surface area contributed by atoms with Gasteiger partial charge < -0.3 is 14.7 Å². The average Bonchev–Trinajstić information content (AvgIpc) is 2.80. The normalized spacial score (nSPS) is 20.8. The van der Waals surface area contributed by atoms with Crippen molar-refractivity contribution in [1.29, 1.82) is 0 Å². The second kappa shape index (κ2) is 9.85. The van der Waals surface area contributed by atoms with Gasteiger partial charge in [0.15, 0.2) is 0 Å². The van der Waals surface area contributed by atoms with Crippen molar-refractivity contribution >= 4 is 32.9 Å². The summed E-state index contributed by atoms with van der Waals surface area (Å²) in [5.41, 5.74) is 0.516. The van der Waals surface area contributed by atoms with Crippen LogP contribution in [0.5, 0.6) is 0 Å². The number of hydrogen-bond donors (Lipinski definition) is 1. The van der Waals surface area contributed by atoms with Crippen LogP contribution in [0.3, 0.4) is 0 Å². The van der Waals surface area contributed by atoms with Gasteiger partial charge in [0.25, 0.3) is 10.0 Å². The number of ether oxygens (including phenoxy) is 1. The Labute approximate surface area is 226 Å². The molecule has 0 saturated carbocycles. The predicted molar refractivity (Wildman–Crippen MR) is 143 cm³/mol. The fourth-order valence-corrected chi connectivity index (χ4v) is 7.04. The van der Waals surface area contributed by atoms with E-state index in [4.69, 9.17) is 4.74 Å². The molecular weight excluding hydrogens is 533 g/mol. The van der Waals surface area contributed by atoms with Crippen molar-refractivity contribution in [3.8, 4) is 0 Å². The Morgan fingerprint density at radius 1 is 1.10 bits per heavy atom. The minimum atomic E-state index is -4.71. The van der Waals surface area contributed by atoms with E-state index in [2.05, 4.69) is 0 Å². The highest BCUT2D eigenvalue weighted by Crippen LogP contribution is 2.44. The molecule has 0 bridgehead atoms. The standard InChI is InChI=1S/C28H33F3N2O5S/c1-26(2)15-19(16-27(3,4)38-26)18-9-11-23-24(13-18)33(17-21(32(23)5)10-12-25(34)35)39(36,37)22-8-6-7-20(14-22)28(29,30)31/h6-9,11,13-15,21H,10,12,16-17H2,1-5H3,(H,34,35)/t21-/m0/s1. The predicted octanol–water partition coefficient (Wildman–Crippen LogP) is 5.94. The largest absolute Gasteiger partial charge is 0.481 e. The zero-order valence-corrected chi connectivity index (χ0v) is 23.4. The summed E-state index contributed by atoms with van der Waals surface area (Å²) in [5, 5.41) is 9.23. The molecule has 1 atom stereocenters. The number of rotatable bonds is 6. The lowest BCUT2D eigenvalue weighted by molar-refractivity contribution is -0.138. The van der Waals surface area contributed by atoms with E-state index < -0.39 is 49.9 Å². The summed E-state index contributed by atoms with van der Waals surface area (Å²) in [5.74, 6) is -1.02. The molecule has 1 N–H and O–H groups in total. The van der Waals surface area contributed by atoms with E-state index in [1.807, 2.05) is 44.7 Å². The van der Waals surface area contributed by atoms with Gasteiger partial charge in [-0.15, -0.1) is 0 Å². The van der Waals surface area contributed by atoms with Gasteiger partial charge in [-0.05, 0) is 81.7 Å². The number of halogens is 3. The molecule has 2 heterocycles. The fourth-order valence-electron chi connectivity index (χ4n) is 5.49. The first-order chi connectivity index (χ1) is 17.9. The van der Waals surface area contributed by atoms with E-state index in [1.54, 1.807) is 19.2 Å². The summed E-state index contributed by atoms with van der Waals surface area (Å²) >= 11 is 0. The Bertz CT molecular complexity index is 1420. The molecule has 2 aromatic carbocycles. The summed E-state index contributed by atoms with van der Waals surface area (Å²) in [6, 6.07) is 8.58.